The smallest absolute Gasteiger partial charge is 0.225 e. The Bertz CT molecular complexity index is 165. The Balaban J connectivity index is 3.60. The Morgan fingerprint density at radius 2 is 2.00 bits per heavy atom. The van der Waals surface area contributed by atoms with Gasteiger partial charge in [0.25, 0.3) is 0 Å². The summed E-state index contributed by atoms with van der Waals surface area (Å²) in [5, 5.41) is 2.91. The molecule has 13 heavy (non-hydrogen) atoms. The van der Waals surface area contributed by atoms with Crippen LogP contribution in [0.2, 0.25) is 0 Å². The minimum atomic E-state index is -0.273. The SMILES string of the molecule is BN(CC)CCNC(=O)C(C)(C)C. The summed E-state index contributed by atoms with van der Waals surface area (Å²) in [4.78, 5) is 13.6. The van der Waals surface area contributed by atoms with Crippen LogP contribution >= 0.6 is 0 Å². The monoisotopic (exact) mass is 184 g/mol. The molecule has 0 aliphatic rings. The van der Waals surface area contributed by atoms with Crippen molar-refractivity contribution in [1.82, 2.24) is 10.1 Å². The van der Waals surface area contributed by atoms with Gasteiger partial charge < -0.3 is 10.1 Å². The van der Waals surface area contributed by atoms with E-state index in [1.54, 1.807) is 0 Å². The molecule has 0 heterocycles. The van der Waals surface area contributed by atoms with Gasteiger partial charge in [-0.2, -0.15) is 0 Å². The Morgan fingerprint density at radius 3 is 2.38 bits per heavy atom. The van der Waals surface area contributed by atoms with E-state index in [-0.39, 0.29) is 11.3 Å². The van der Waals surface area contributed by atoms with Crippen molar-refractivity contribution in [3.8, 4) is 0 Å². The quantitative estimate of drug-likeness (QED) is 0.624. The fourth-order valence-electron chi connectivity index (χ4n) is 0.784. The first-order valence-electron chi connectivity index (χ1n) is 4.84. The van der Waals surface area contributed by atoms with Crippen LogP contribution in [-0.4, -0.2) is 38.3 Å². The molecule has 0 aromatic carbocycles. The number of amides is 1. The molecule has 0 radical (unpaired) electrons. The highest BCUT2D eigenvalue weighted by Gasteiger charge is 2.20. The Hall–Kier alpha value is -0.505. The molecular weight excluding hydrogens is 163 g/mol. The van der Waals surface area contributed by atoms with Gasteiger partial charge >= 0.3 is 0 Å². The van der Waals surface area contributed by atoms with E-state index in [0.717, 1.165) is 19.6 Å². The summed E-state index contributed by atoms with van der Waals surface area (Å²) in [6.07, 6.45) is 0. The van der Waals surface area contributed by atoms with Gasteiger partial charge in [0.15, 0.2) is 7.98 Å². The second-order valence-electron chi connectivity index (χ2n) is 4.40. The van der Waals surface area contributed by atoms with Crippen LogP contribution < -0.4 is 5.32 Å². The van der Waals surface area contributed by atoms with Gasteiger partial charge in [0.05, 0.1) is 0 Å². The second kappa shape index (κ2) is 5.27. The average Bonchev–Trinajstić information content (AvgIpc) is 2.02. The van der Waals surface area contributed by atoms with Crippen molar-refractivity contribution in [3.63, 3.8) is 0 Å². The number of nitrogens with zero attached hydrogens (tertiary/aromatic N) is 1. The first kappa shape index (κ1) is 12.5. The molecule has 4 heteroatoms. The largest absolute Gasteiger partial charge is 0.354 e. The number of carbonyl (C=O) groups excluding carboxylic acids is 1. The summed E-state index contributed by atoms with van der Waals surface area (Å²) >= 11 is 0. The van der Waals surface area contributed by atoms with Crippen LogP contribution in [0, 0.1) is 5.41 Å². The van der Waals surface area contributed by atoms with Gasteiger partial charge in [-0.3, -0.25) is 4.79 Å². The van der Waals surface area contributed by atoms with Gasteiger partial charge in [0, 0.05) is 18.5 Å². The third-order valence-corrected chi connectivity index (χ3v) is 2.00. The van der Waals surface area contributed by atoms with E-state index >= 15 is 0 Å². The lowest BCUT2D eigenvalue weighted by Gasteiger charge is -2.19. The molecule has 0 fully saturated rings. The van der Waals surface area contributed by atoms with Crippen molar-refractivity contribution in [2.45, 2.75) is 27.7 Å². The molecule has 0 bridgehead atoms. The highest BCUT2D eigenvalue weighted by molar-refractivity contribution is 6.04. The Morgan fingerprint density at radius 1 is 1.46 bits per heavy atom. The van der Waals surface area contributed by atoms with E-state index in [4.69, 9.17) is 0 Å². The van der Waals surface area contributed by atoms with Crippen LogP contribution in [0.25, 0.3) is 0 Å². The molecule has 0 aromatic rings. The molecule has 1 N–H and O–H groups in total. The molecule has 1 amide bonds. The Labute approximate surface area is 82.3 Å². The van der Waals surface area contributed by atoms with Gasteiger partial charge in [-0.1, -0.05) is 27.7 Å². The van der Waals surface area contributed by atoms with Crippen molar-refractivity contribution in [2.75, 3.05) is 19.6 Å². The van der Waals surface area contributed by atoms with Crippen LogP contribution in [0.5, 0.6) is 0 Å². The number of hydrogen-bond donors (Lipinski definition) is 1. The van der Waals surface area contributed by atoms with Gasteiger partial charge in [0.2, 0.25) is 5.91 Å². The molecule has 0 rings (SSSR count). The summed E-state index contributed by atoms with van der Waals surface area (Å²) in [7, 11) is 2.04. The number of nitrogens with one attached hydrogen (secondary N) is 1. The van der Waals surface area contributed by atoms with Gasteiger partial charge in [-0.25, -0.2) is 0 Å². The van der Waals surface area contributed by atoms with Crippen LogP contribution in [-0.2, 0) is 4.79 Å². The van der Waals surface area contributed by atoms with Gasteiger partial charge in [-0.15, -0.1) is 0 Å². The molecule has 0 spiro atoms. The summed E-state index contributed by atoms with van der Waals surface area (Å²) in [6, 6.07) is 0. The molecule has 0 aromatic heterocycles. The maximum atomic E-state index is 11.4. The van der Waals surface area contributed by atoms with Crippen LogP contribution in [0.3, 0.4) is 0 Å². The van der Waals surface area contributed by atoms with E-state index in [0.29, 0.717) is 0 Å². The van der Waals surface area contributed by atoms with Crippen LogP contribution in [0.15, 0.2) is 0 Å². The zero-order chi connectivity index (χ0) is 10.5. The topological polar surface area (TPSA) is 32.3 Å². The average molecular weight is 184 g/mol. The van der Waals surface area contributed by atoms with E-state index < -0.39 is 0 Å². The standard InChI is InChI=1S/C9H21BN2O/c1-5-12(10)7-6-11-8(13)9(2,3)4/h5-7,10H2,1-4H3,(H,11,13). The summed E-state index contributed by atoms with van der Waals surface area (Å²) in [5.41, 5.74) is -0.273. The summed E-state index contributed by atoms with van der Waals surface area (Å²) < 4.78 is 0. The highest BCUT2D eigenvalue weighted by atomic mass is 16.2. The molecular formula is C9H21BN2O. The third-order valence-electron chi connectivity index (χ3n) is 2.00. The van der Waals surface area contributed by atoms with E-state index in [1.807, 2.05) is 28.8 Å². The lowest BCUT2D eigenvalue weighted by molar-refractivity contribution is -0.128. The van der Waals surface area contributed by atoms with E-state index in [2.05, 4.69) is 17.1 Å². The maximum absolute atomic E-state index is 11.4. The lowest BCUT2D eigenvalue weighted by Crippen LogP contribution is -2.39. The molecule has 0 aliphatic carbocycles. The zero-order valence-corrected chi connectivity index (χ0v) is 9.48. The number of likely N-dealkylation sites (N-methyl/N-ethyl adjacent to an activating group) is 1. The van der Waals surface area contributed by atoms with Crippen LogP contribution in [0.4, 0.5) is 0 Å². The summed E-state index contributed by atoms with van der Waals surface area (Å²) in [6.45, 7) is 10.5. The fourth-order valence-corrected chi connectivity index (χ4v) is 0.784. The molecule has 0 saturated heterocycles. The van der Waals surface area contributed by atoms with Crippen molar-refractivity contribution in [3.05, 3.63) is 0 Å². The Kier molecular flexibility index (Phi) is 5.07. The molecule has 0 unspecified atom stereocenters. The predicted octanol–water partition coefficient (Wildman–Crippen LogP) is 0.0187. The maximum Gasteiger partial charge on any atom is 0.225 e. The highest BCUT2D eigenvalue weighted by Crippen LogP contribution is 2.11. The van der Waals surface area contributed by atoms with E-state index in [9.17, 15) is 4.79 Å². The van der Waals surface area contributed by atoms with Crippen molar-refractivity contribution in [2.24, 2.45) is 5.41 Å². The molecule has 0 saturated carbocycles. The first-order valence-corrected chi connectivity index (χ1v) is 4.84. The predicted molar refractivity (Wildman–Crippen MR) is 58.3 cm³/mol. The minimum Gasteiger partial charge on any atom is -0.354 e. The number of carbonyl (C=O) groups is 1. The molecule has 0 atom stereocenters. The zero-order valence-electron chi connectivity index (χ0n) is 9.48. The van der Waals surface area contributed by atoms with Gasteiger partial charge in [-0.05, 0) is 6.54 Å². The molecule has 76 valence electrons. The van der Waals surface area contributed by atoms with E-state index in [1.165, 1.54) is 0 Å². The third kappa shape index (κ3) is 5.69. The van der Waals surface area contributed by atoms with Crippen molar-refractivity contribution >= 4 is 13.9 Å². The minimum absolute atomic E-state index is 0.122. The van der Waals surface area contributed by atoms with Crippen LogP contribution in [0.1, 0.15) is 27.7 Å². The first-order chi connectivity index (χ1) is 5.88. The fraction of sp³-hybridized carbons (Fsp3) is 0.889. The summed E-state index contributed by atoms with van der Waals surface area (Å²) in [5.74, 6) is 0.122. The molecule has 0 aliphatic heterocycles. The van der Waals surface area contributed by atoms with Gasteiger partial charge in [0.1, 0.15) is 0 Å². The number of rotatable bonds is 4. The number of hydrogen-bond acceptors (Lipinski definition) is 2. The normalized spacial score (nSPS) is 11.8. The molecule has 3 nitrogen and oxygen atoms in total. The lowest BCUT2D eigenvalue weighted by atomic mass is 9.96. The van der Waals surface area contributed by atoms with Crippen molar-refractivity contribution < 1.29 is 4.79 Å². The second-order valence-corrected chi connectivity index (χ2v) is 4.40. The van der Waals surface area contributed by atoms with Crippen molar-refractivity contribution in [1.29, 1.82) is 0 Å².